The Morgan fingerprint density at radius 1 is 1.05 bits per heavy atom. The lowest BCUT2D eigenvalue weighted by atomic mass is 9.44. The highest BCUT2D eigenvalue weighted by molar-refractivity contribution is 5.80. The van der Waals surface area contributed by atoms with Crippen LogP contribution in [-0.4, -0.2) is 30.0 Å². The molecule has 2 bridgehead atoms. The summed E-state index contributed by atoms with van der Waals surface area (Å²) in [5, 5.41) is 14.5. The third-order valence-corrected chi connectivity index (χ3v) is 10.4. The van der Waals surface area contributed by atoms with E-state index in [1.54, 1.807) is 0 Å². The molecule has 3 heterocycles. The predicted octanol–water partition coefficient (Wildman–Crippen LogP) is 6.06. The monoisotopic (exact) mass is 522 g/mol. The Balaban J connectivity index is 1.21. The number of unbranched alkanes of at least 4 members (excludes halogenated alkanes) is 1. The first-order valence-corrected chi connectivity index (χ1v) is 14.7. The topological polar surface area (TPSA) is 81.4 Å². The molecule has 3 saturated carbocycles. The fourth-order valence-electron chi connectivity index (χ4n) is 8.12. The van der Waals surface area contributed by atoms with E-state index in [1.165, 1.54) is 30.5 Å². The van der Waals surface area contributed by atoms with Crippen molar-refractivity contribution in [2.24, 2.45) is 23.2 Å². The van der Waals surface area contributed by atoms with Crippen molar-refractivity contribution in [2.45, 2.75) is 78.3 Å². The van der Waals surface area contributed by atoms with Gasteiger partial charge in [0.25, 0.3) is 5.56 Å². The molecule has 7 heteroatoms. The van der Waals surface area contributed by atoms with Gasteiger partial charge in [0.15, 0.2) is 5.82 Å². The average molecular weight is 523 g/mol. The van der Waals surface area contributed by atoms with Crippen molar-refractivity contribution < 1.29 is 0 Å². The van der Waals surface area contributed by atoms with Crippen LogP contribution in [0.15, 0.2) is 53.3 Å². The summed E-state index contributed by atoms with van der Waals surface area (Å²) in [4.78, 5) is 14.1. The Hall–Kier alpha value is -3.48. The number of aromatic amines is 1. The van der Waals surface area contributed by atoms with Crippen molar-refractivity contribution in [2.75, 3.05) is 0 Å². The molecule has 3 aliphatic carbocycles. The van der Waals surface area contributed by atoms with Crippen LogP contribution in [0, 0.1) is 23.2 Å². The molecule has 0 radical (unpaired) electrons. The summed E-state index contributed by atoms with van der Waals surface area (Å²) in [5.74, 6) is 2.82. The number of hydrogen-bond acceptors (Lipinski definition) is 4. The Kier molecular flexibility index (Phi) is 5.87. The van der Waals surface area contributed by atoms with Gasteiger partial charge in [0.05, 0.1) is 6.04 Å². The standard InChI is InChI=1S/C32H38N6O/c1-4-5-10-28-26(31(39)38-29-19-22-18-27(32(22,2)3)25(29)15-16-37(28)38)17-20-11-13-21(14-12-20)23-8-6-7-9-24(23)30-33-35-36-34-30/h6-9,11-14,22,25,27,29H,4-5,10,15-19H2,1-3H3,(H,33,34,35,36). The molecule has 4 unspecified atom stereocenters. The smallest absolute Gasteiger partial charge is 0.270 e. The molecule has 202 valence electrons. The second kappa shape index (κ2) is 9.32. The van der Waals surface area contributed by atoms with Gasteiger partial charge in [0.1, 0.15) is 0 Å². The van der Waals surface area contributed by atoms with Gasteiger partial charge in [-0.05, 0) is 82.4 Å². The highest BCUT2D eigenvalue weighted by atomic mass is 16.1. The van der Waals surface area contributed by atoms with Crippen molar-refractivity contribution in [3.63, 3.8) is 0 Å². The molecule has 3 fully saturated rings. The molecule has 7 nitrogen and oxygen atoms in total. The molecule has 1 aliphatic heterocycles. The quantitative estimate of drug-likeness (QED) is 0.320. The first kappa shape index (κ1) is 24.6. The number of rotatable bonds is 7. The van der Waals surface area contributed by atoms with Crippen LogP contribution in [0.3, 0.4) is 0 Å². The van der Waals surface area contributed by atoms with Gasteiger partial charge in [-0.15, -0.1) is 5.10 Å². The van der Waals surface area contributed by atoms with Crippen LogP contribution < -0.4 is 5.56 Å². The molecule has 2 aromatic carbocycles. The van der Waals surface area contributed by atoms with Crippen molar-refractivity contribution in [1.82, 2.24) is 30.0 Å². The maximum absolute atomic E-state index is 14.1. The van der Waals surface area contributed by atoms with Gasteiger partial charge in [0.2, 0.25) is 0 Å². The minimum atomic E-state index is 0.266. The van der Waals surface area contributed by atoms with Gasteiger partial charge in [-0.2, -0.15) is 0 Å². The van der Waals surface area contributed by atoms with Crippen molar-refractivity contribution in [3.05, 3.63) is 75.7 Å². The highest BCUT2D eigenvalue weighted by Gasteiger charge is 2.59. The van der Waals surface area contributed by atoms with Crippen molar-refractivity contribution >= 4 is 0 Å². The van der Waals surface area contributed by atoms with E-state index in [0.717, 1.165) is 59.9 Å². The molecule has 1 N–H and O–H groups in total. The summed E-state index contributed by atoms with van der Waals surface area (Å²) in [7, 11) is 0. The maximum Gasteiger partial charge on any atom is 0.270 e. The molecule has 39 heavy (non-hydrogen) atoms. The Morgan fingerprint density at radius 2 is 1.85 bits per heavy atom. The molecule has 4 aromatic rings. The van der Waals surface area contributed by atoms with Crippen molar-refractivity contribution in [3.8, 4) is 22.5 Å². The number of tetrazole rings is 1. The molecule has 0 saturated heterocycles. The lowest BCUT2D eigenvalue weighted by Gasteiger charge is -2.63. The Morgan fingerprint density at radius 3 is 2.56 bits per heavy atom. The first-order valence-electron chi connectivity index (χ1n) is 14.7. The highest BCUT2D eigenvalue weighted by Crippen LogP contribution is 2.65. The van der Waals surface area contributed by atoms with Gasteiger partial charge < -0.3 is 0 Å². The molecule has 0 amide bonds. The summed E-state index contributed by atoms with van der Waals surface area (Å²) in [6.45, 7) is 8.14. The van der Waals surface area contributed by atoms with E-state index < -0.39 is 0 Å². The third-order valence-electron chi connectivity index (χ3n) is 10.4. The summed E-state index contributed by atoms with van der Waals surface area (Å²) >= 11 is 0. The SMILES string of the molecule is CCCCc1c(Cc2ccc(-c3ccccc3-c3nnn[nH]3)cc2)c(=O)n2n1CCC1C2CC2CC1C2(C)C. The van der Waals surface area contributed by atoms with E-state index in [-0.39, 0.29) is 5.56 Å². The molecule has 4 aliphatic rings. The molecular formula is C32H38N6O. The summed E-state index contributed by atoms with van der Waals surface area (Å²) in [6, 6.07) is 17.2. The van der Waals surface area contributed by atoms with Gasteiger partial charge in [-0.1, -0.05) is 75.7 Å². The van der Waals surface area contributed by atoms with Crippen LogP contribution in [0.2, 0.25) is 0 Å². The van der Waals surface area contributed by atoms with Crippen LogP contribution in [0.4, 0.5) is 0 Å². The normalized spacial score (nSPS) is 24.6. The lowest BCUT2D eigenvalue weighted by molar-refractivity contribution is -0.145. The van der Waals surface area contributed by atoms with E-state index in [9.17, 15) is 4.79 Å². The predicted molar refractivity (Wildman–Crippen MR) is 152 cm³/mol. The largest absolute Gasteiger partial charge is 0.286 e. The first-order chi connectivity index (χ1) is 19.0. The zero-order valence-electron chi connectivity index (χ0n) is 23.2. The molecule has 8 rings (SSSR count). The lowest BCUT2D eigenvalue weighted by Crippen LogP contribution is -2.58. The fraction of sp³-hybridized carbons (Fsp3) is 0.500. The Bertz CT molecular complexity index is 1540. The fourth-order valence-corrected chi connectivity index (χ4v) is 8.12. The van der Waals surface area contributed by atoms with Crippen LogP contribution in [-0.2, 0) is 19.4 Å². The minimum Gasteiger partial charge on any atom is -0.286 e. The van der Waals surface area contributed by atoms with Crippen LogP contribution in [0.5, 0.6) is 0 Å². The van der Waals surface area contributed by atoms with E-state index in [1.807, 2.05) is 18.2 Å². The number of fused-ring (bicyclic) bond motifs is 1. The average Bonchev–Trinajstić information content (AvgIpc) is 3.59. The van der Waals surface area contributed by atoms with Crippen LogP contribution >= 0.6 is 0 Å². The molecule has 2 aromatic heterocycles. The second-order valence-corrected chi connectivity index (χ2v) is 12.6. The number of hydrogen-bond donors (Lipinski definition) is 1. The van der Waals surface area contributed by atoms with E-state index >= 15 is 0 Å². The van der Waals surface area contributed by atoms with Crippen LogP contribution in [0.25, 0.3) is 22.5 Å². The van der Waals surface area contributed by atoms with Gasteiger partial charge in [-0.3, -0.25) is 9.48 Å². The van der Waals surface area contributed by atoms with Gasteiger partial charge in [0, 0.05) is 29.8 Å². The molecular weight excluding hydrogens is 484 g/mol. The van der Waals surface area contributed by atoms with Gasteiger partial charge in [-0.25, -0.2) is 9.78 Å². The summed E-state index contributed by atoms with van der Waals surface area (Å²) in [6.07, 6.45) is 7.68. The second-order valence-electron chi connectivity index (χ2n) is 12.6. The van der Waals surface area contributed by atoms with E-state index in [0.29, 0.717) is 29.6 Å². The number of benzene rings is 2. The molecule has 0 spiro atoms. The minimum absolute atomic E-state index is 0.266. The maximum atomic E-state index is 14.1. The number of nitrogens with zero attached hydrogens (tertiary/aromatic N) is 5. The summed E-state index contributed by atoms with van der Waals surface area (Å²) < 4.78 is 4.63. The number of aromatic nitrogens is 6. The third kappa shape index (κ3) is 3.84. The van der Waals surface area contributed by atoms with Crippen molar-refractivity contribution in [1.29, 1.82) is 0 Å². The van der Waals surface area contributed by atoms with Gasteiger partial charge >= 0.3 is 0 Å². The van der Waals surface area contributed by atoms with E-state index in [2.05, 4.69) is 81.1 Å². The number of H-pyrrole nitrogens is 1. The number of nitrogens with one attached hydrogen (secondary N) is 1. The van der Waals surface area contributed by atoms with E-state index in [4.69, 9.17) is 0 Å². The van der Waals surface area contributed by atoms with Crippen LogP contribution in [0.1, 0.15) is 75.7 Å². The summed E-state index contributed by atoms with van der Waals surface area (Å²) in [5.41, 5.74) is 7.35. The molecule has 4 atom stereocenters. The Labute approximate surface area is 229 Å². The zero-order chi connectivity index (χ0) is 26.7. The zero-order valence-corrected chi connectivity index (χ0v) is 23.2.